The highest BCUT2D eigenvalue weighted by atomic mass is 16.5. The predicted octanol–water partition coefficient (Wildman–Crippen LogP) is 1.47. The van der Waals surface area contributed by atoms with E-state index in [-0.39, 0.29) is 5.91 Å². The van der Waals surface area contributed by atoms with Crippen LogP contribution in [0.25, 0.3) is 0 Å². The van der Waals surface area contributed by atoms with Crippen molar-refractivity contribution in [3.8, 4) is 0 Å². The van der Waals surface area contributed by atoms with Gasteiger partial charge in [0.15, 0.2) is 0 Å². The molecule has 20 heavy (non-hydrogen) atoms. The zero-order valence-corrected chi connectivity index (χ0v) is 11.3. The summed E-state index contributed by atoms with van der Waals surface area (Å²) in [5.74, 6) is -0.646. The first-order valence-electron chi connectivity index (χ1n) is 6.57. The molecule has 0 saturated carbocycles. The molecule has 0 radical (unpaired) electrons. The van der Waals surface area contributed by atoms with Crippen molar-refractivity contribution in [1.29, 1.82) is 0 Å². The molecule has 2 rings (SSSR count). The van der Waals surface area contributed by atoms with E-state index >= 15 is 0 Å². The third-order valence-corrected chi connectivity index (χ3v) is 3.13. The number of anilines is 1. The maximum absolute atomic E-state index is 12.2. The Bertz CT molecular complexity index is 499. The van der Waals surface area contributed by atoms with Crippen molar-refractivity contribution in [3.05, 3.63) is 42.5 Å². The zero-order valence-electron chi connectivity index (χ0n) is 11.3. The molecule has 1 aliphatic heterocycles. The first-order chi connectivity index (χ1) is 9.70. The van der Waals surface area contributed by atoms with Crippen LogP contribution in [-0.2, 0) is 14.3 Å². The number of hydrogen-bond donors (Lipinski definition) is 2. The summed E-state index contributed by atoms with van der Waals surface area (Å²) in [5, 5.41) is 5.84. The van der Waals surface area contributed by atoms with Gasteiger partial charge in [0, 0.05) is 5.69 Å². The lowest BCUT2D eigenvalue weighted by atomic mass is 10.1. The van der Waals surface area contributed by atoms with Crippen LogP contribution in [0.1, 0.15) is 12.8 Å². The third-order valence-electron chi connectivity index (χ3n) is 3.13. The zero-order chi connectivity index (χ0) is 14.4. The van der Waals surface area contributed by atoms with E-state index in [2.05, 4.69) is 15.4 Å². The van der Waals surface area contributed by atoms with Gasteiger partial charge in [-0.2, -0.15) is 0 Å². The monoisotopic (exact) mass is 274 g/mol. The molecular formula is C15H18N2O3. The standard InChI is InChI=1S/C15H18N2O3/c1-20-15(19)13-10-6-5-9-12(14(18)17-13)16-11-7-3-2-4-8-11/h2-5,7-9,12-13,16H,6,10H2,1H3,(H,17,18)/b9-5-. The van der Waals surface area contributed by atoms with Crippen LogP contribution in [-0.4, -0.2) is 31.1 Å². The van der Waals surface area contributed by atoms with Crippen molar-refractivity contribution in [2.24, 2.45) is 0 Å². The molecule has 1 aromatic carbocycles. The van der Waals surface area contributed by atoms with Gasteiger partial charge < -0.3 is 15.4 Å². The number of benzene rings is 1. The number of para-hydroxylation sites is 1. The minimum atomic E-state index is -0.586. The van der Waals surface area contributed by atoms with E-state index < -0.39 is 18.1 Å². The number of hydrogen-bond acceptors (Lipinski definition) is 4. The molecule has 2 unspecified atom stereocenters. The average Bonchev–Trinajstić information content (AvgIpc) is 2.47. The second-order valence-electron chi connectivity index (χ2n) is 4.58. The average molecular weight is 274 g/mol. The van der Waals surface area contributed by atoms with Crippen molar-refractivity contribution in [3.63, 3.8) is 0 Å². The highest BCUT2D eigenvalue weighted by Gasteiger charge is 2.25. The number of carbonyl (C=O) groups is 2. The first-order valence-corrected chi connectivity index (χ1v) is 6.57. The number of methoxy groups -OCH3 is 1. The molecule has 1 heterocycles. The number of amides is 1. The van der Waals surface area contributed by atoms with E-state index in [9.17, 15) is 9.59 Å². The Morgan fingerprint density at radius 1 is 1.35 bits per heavy atom. The molecule has 0 aliphatic carbocycles. The lowest BCUT2D eigenvalue weighted by molar-refractivity contribution is -0.145. The van der Waals surface area contributed by atoms with Crippen molar-refractivity contribution < 1.29 is 14.3 Å². The summed E-state index contributed by atoms with van der Waals surface area (Å²) in [5.41, 5.74) is 0.854. The van der Waals surface area contributed by atoms with Crippen LogP contribution in [0, 0.1) is 0 Å². The van der Waals surface area contributed by atoms with E-state index in [1.165, 1.54) is 7.11 Å². The fourth-order valence-electron chi connectivity index (χ4n) is 2.06. The fourth-order valence-corrected chi connectivity index (χ4v) is 2.06. The van der Waals surface area contributed by atoms with Crippen LogP contribution in [0.3, 0.4) is 0 Å². The van der Waals surface area contributed by atoms with E-state index in [4.69, 9.17) is 0 Å². The molecule has 0 spiro atoms. The highest BCUT2D eigenvalue weighted by molar-refractivity contribution is 5.90. The van der Waals surface area contributed by atoms with E-state index in [0.29, 0.717) is 12.8 Å². The molecule has 2 N–H and O–H groups in total. The number of rotatable bonds is 3. The molecule has 5 nitrogen and oxygen atoms in total. The second kappa shape index (κ2) is 6.75. The van der Waals surface area contributed by atoms with Crippen LogP contribution in [0.15, 0.2) is 42.5 Å². The van der Waals surface area contributed by atoms with Gasteiger partial charge in [-0.25, -0.2) is 4.79 Å². The van der Waals surface area contributed by atoms with Gasteiger partial charge in [0.05, 0.1) is 7.11 Å². The molecule has 1 amide bonds. The SMILES string of the molecule is COC(=O)C1CC/C=C\C(Nc2ccccc2)C(=O)N1. The quantitative estimate of drug-likeness (QED) is 0.647. The summed E-state index contributed by atoms with van der Waals surface area (Å²) in [7, 11) is 1.32. The molecule has 5 heteroatoms. The Balaban J connectivity index is 2.07. The van der Waals surface area contributed by atoms with Gasteiger partial charge in [0.25, 0.3) is 0 Å². The van der Waals surface area contributed by atoms with Gasteiger partial charge in [-0.15, -0.1) is 0 Å². The summed E-state index contributed by atoms with van der Waals surface area (Å²) < 4.78 is 4.69. The number of ether oxygens (including phenoxy) is 1. The Morgan fingerprint density at radius 3 is 2.80 bits per heavy atom. The summed E-state index contributed by atoms with van der Waals surface area (Å²) >= 11 is 0. The molecule has 0 aromatic heterocycles. The van der Waals surface area contributed by atoms with Crippen molar-refractivity contribution >= 4 is 17.6 Å². The van der Waals surface area contributed by atoms with Crippen molar-refractivity contribution in [1.82, 2.24) is 5.32 Å². The Hall–Kier alpha value is -2.30. The van der Waals surface area contributed by atoms with E-state index in [1.807, 2.05) is 42.5 Å². The summed E-state index contributed by atoms with van der Waals surface area (Å²) in [6, 6.07) is 8.39. The van der Waals surface area contributed by atoms with Gasteiger partial charge in [0.2, 0.25) is 5.91 Å². The molecule has 2 atom stereocenters. The van der Waals surface area contributed by atoms with E-state index in [0.717, 1.165) is 5.69 Å². The maximum Gasteiger partial charge on any atom is 0.328 e. The lowest BCUT2D eigenvalue weighted by Gasteiger charge is -2.22. The molecule has 0 bridgehead atoms. The Morgan fingerprint density at radius 2 is 2.10 bits per heavy atom. The smallest absolute Gasteiger partial charge is 0.328 e. The Labute approximate surface area is 118 Å². The first kappa shape index (κ1) is 14.1. The van der Waals surface area contributed by atoms with Gasteiger partial charge in [-0.05, 0) is 25.0 Å². The van der Waals surface area contributed by atoms with Crippen LogP contribution in [0.5, 0.6) is 0 Å². The minimum Gasteiger partial charge on any atom is -0.467 e. The predicted molar refractivity (Wildman–Crippen MR) is 76.2 cm³/mol. The topological polar surface area (TPSA) is 67.4 Å². The number of esters is 1. The molecule has 0 fully saturated rings. The second-order valence-corrected chi connectivity index (χ2v) is 4.58. The lowest BCUT2D eigenvalue weighted by Crippen LogP contribution is -2.48. The van der Waals surface area contributed by atoms with Gasteiger partial charge in [-0.1, -0.05) is 30.4 Å². The summed E-state index contributed by atoms with van der Waals surface area (Å²) in [6.07, 6.45) is 4.99. The van der Waals surface area contributed by atoms with Gasteiger partial charge >= 0.3 is 5.97 Å². The maximum atomic E-state index is 12.2. The largest absolute Gasteiger partial charge is 0.467 e. The van der Waals surface area contributed by atoms with Crippen molar-refractivity contribution in [2.45, 2.75) is 24.9 Å². The van der Waals surface area contributed by atoms with Crippen molar-refractivity contribution in [2.75, 3.05) is 12.4 Å². The normalized spacial score (nSPS) is 23.9. The third kappa shape index (κ3) is 3.60. The molecular weight excluding hydrogens is 256 g/mol. The molecule has 1 aromatic rings. The highest BCUT2D eigenvalue weighted by Crippen LogP contribution is 2.11. The number of carbonyl (C=O) groups excluding carboxylic acids is 2. The molecule has 1 aliphatic rings. The van der Waals surface area contributed by atoms with Gasteiger partial charge in [-0.3, -0.25) is 4.79 Å². The summed E-state index contributed by atoms with van der Waals surface area (Å²) in [4.78, 5) is 23.7. The molecule has 106 valence electrons. The van der Waals surface area contributed by atoms with Crippen LogP contribution >= 0.6 is 0 Å². The van der Waals surface area contributed by atoms with Gasteiger partial charge in [0.1, 0.15) is 12.1 Å². The van der Waals surface area contributed by atoms with Crippen LogP contribution < -0.4 is 10.6 Å². The van der Waals surface area contributed by atoms with Crippen LogP contribution in [0.4, 0.5) is 5.69 Å². The van der Waals surface area contributed by atoms with Crippen LogP contribution in [0.2, 0.25) is 0 Å². The summed E-state index contributed by atoms with van der Waals surface area (Å²) in [6.45, 7) is 0. The molecule has 0 saturated heterocycles. The minimum absolute atomic E-state index is 0.236. The number of nitrogens with one attached hydrogen (secondary N) is 2. The van der Waals surface area contributed by atoms with E-state index in [1.54, 1.807) is 0 Å². The fraction of sp³-hybridized carbons (Fsp3) is 0.333. The Kier molecular flexibility index (Phi) is 4.76. The number of allylic oxidation sites excluding steroid dienone is 1.